The van der Waals surface area contributed by atoms with Gasteiger partial charge < -0.3 is 0 Å². The third kappa shape index (κ3) is 3.91. The van der Waals surface area contributed by atoms with E-state index in [1.165, 1.54) is 51.4 Å². The first-order valence-electron chi connectivity index (χ1n) is 14.3. The van der Waals surface area contributed by atoms with Gasteiger partial charge in [0, 0.05) is 5.92 Å². The molecule has 0 bridgehead atoms. The second-order valence-electron chi connectivity index (χ2n) is 15.8. The summed E-state index contributed by atoms with van der Waals surface area (Å²) in [6.07, 6.45) is 13.8. The molecule has 0 spiro atoms. The van der Waals surface area contributed by atoms with Gasteiger partial charge in [-0.2, -0.15) is 0 Å². The van der Waals surface area contributed by atoms with E-state index < -0.39 is 0 Å². The Morgan fingerprint density at radius 1 is 0.909 bits per heavy atom. The van der Waals surface area contributed by atoms with Crippen molar-refractivity contribution in [2.75, 3.05) is 0 Å². The molecule has 33 heavy (non-hydrogen) atoms. The van der Waals surface area contributed by atoms with Crippen LogP contribution in [0.15, 0.2) is 11.6 Å². The summed E-state index contributed by atoms with van der Waals surface area (Å²) in [5.74, 6) is 3.52. The molecular formula is C32H54O. The van der Waals surface area contributed by atoms with E-state index in [-0.39, 0.29) is 16.7 Å². The topological polar surface area (TPSA) is 17.1 Å². The molecule has 0 aromatic rings. The van der Waals surface area contributed by atoms with Crippen LogP contribution in [0.2, 0.25) is 0 Å². The van der Waals surface area contributed by atoms with Crippen LogP contribution in [-0.2, 0) is 4.79 Å². The molecule has 0 aromatic carbocycles. The molecule has 0 aliphatic heterocycles. The van der Waals surface area contributed by atoms with E-state index in [0.29, 0.717) is 33.9 Å². The third-order valence-electron chi connectivity index (χ3n) is 12.2. The number of allylic oxidation sites excluding steroid dienone is 2. The molecule has 8 atom stereocenters. The Morgan fingerprint density at radius 3 is 2.21 bits per heavy atom. The van der Waals surface area contributed by atoms with Crippen LogP contribution >= 0.6 is 0 Å². The smallest absolute Gasteiger partial charge is 0.159 e. The van der Waals surface area contributed by atoms with Crippen LogP contribution < -0.4 is 0 Å². The lowest BCUT2D eigenvalue weighted by atomic mass is 9.42. The van der Waals surface area contributed by atoms with Gasteiger partial charge in [0.05, 0.1) is 0 Å². The van der Waals surface area contributed by atoms with Gasteiger partial charge in [0.25, 0.3) is 0 Å². The zero-order chi connectivity index (χ0) is 24.6. The Bertz CT molecular complexity index is 811. The quantitative estimate of drug-likeness (QED) is 0.413. The zero-order valence-corrected chi connectivity index (χ0v) is 23.7. The standard InChI is InChI=1S/C32H54O/c1-21-18-25-26(33)19-24-23(30(25,8)20-22(21)2)12-16-32(10)27(13-17-31(24,32)9)29(6,7)15-11-14-28(3,4)5/h19,21-23,25,27H,11-18,20H2,1-10H3/t21-,22+,23?,25-,27+,30+,31-,32+/m0/s1. The highest BCUT2D eigenvalue weighted by Crippen LogP contribution is 2.73. The Morgan fingerprint density at radius 2 is 1.58 bits per heavy atom. The number of hydrogen-bond acceptors (Lipinski definition) is 1. The SMILES string of the molecule is C[C@@H]1C[C@]2(C)C3CC[C@]4(C)[C@@H](C(C)(C)CCCC(C)(C)C)CC[C@@]4(C)C3=CC(=O)[C@@H]2C[C@@H]1C. The lowest BCUT2D eigenvalue weighted by Crippen LogP contribution is -2.56. The van der Waals surface area contributed by atoms with Crippen molar-refractivity contribution in [3.63, 3.8) is 0 Å². The third-order valence-corrected chi connectivity index (χ3v) is 12.2. The largest absolute Gasteiger partial charge is 0.295 e. The van der Waals surface area contributed by atoms with Crippen molar-refractivity contribution in [1.82, 2.24) is 0 Å². The summed E-state index contributed by atoms with van der Waals surface area (Å²) in [7, 11) is 0. The van der Waals surface area contributed by atoms with Gasteiger partial charge >= 0.3 is 0 Å². The Balaban J connectivity index is 1.64. The van der Waals surface area contributed by atoms with Crippen molar-refractivity contribution in [3.05, 3.63) is 11.6 Å². The molecule has 3 fully saturated rings. The van der Waals surface area contributed by atoms with Gasteiger partial charge in [-0.05, 0) is 108 Å². The molecule has 0 radical (unpaired) electrons. The van der Waals surface area contributed by atoms with Crippen LogP contribution in [0, 0.1) is 56.7 Å². The minimum absolute atomic E-state index is 0.178. The lowest BCUT2D eigenvalue weighted by Gasteiger charge is -2.62. The van der Waals surface area contributed by atoms with E-state index in [2.05, 4.69) is 75.3 Å². The number of carbonyl (C=O) groups is 1. The molecule has 1 heteroatoms. The summed E-state index contributed by atoms with van der Waals surface area (Å²) in [4.78, 5) is 13.6. The average molecular weight is 455 g/mol. The Labute approximate surface area is 206 Å². The van der Waals surface area contributed by atoms with E-state index in [0.717, 1.165) is 18.3 Å². The highest BCUT2D eigenvalue weighted by molar-refractivity contribution is 5.94. The molecule has 0 N–H and O–H groups in total. The highest BCUT2D eigenvalue weighted by Gasteiger charge is 2.66. The first kappa shape index (κ1) is 25.5. The first-order chi connectivity index (χ1) is 15.1. The minimum atomic E-state index is 0.178. The number of ketones is 1. The Kier molecular flexibility index (Phi) is 6.15. The number of fused-ring (bicyclic) bond motifs is 5. The molecule has 4 rings (SSSR count). The predicted octanol–water partition coefficient (Wildman–Crippen LogP) is 9.26. The van der Waals surface area contributed by atoms with Crippen LogP contribution in [0.3, 0.4) is 0 Å². The molecule has 3 saturated carbocycles. The van der Waals surface area contributed by atoms with Crippen LogP contribution in [-0.4, -0.2) is 5.78 Å². The van der Waals surface area contributed by atoms with Crippen molar-refractivity contribution in [3.8, 4) is 0 Å². The monoisotopic (exact) mass is 454 g/mol. The van der Waals surface area contributed by atoms with Gasteiger partial charge in [0.2, 0.25) is 0 Å². The molecule has 4 aliphatic rings. The molecule has 0 amide bonds. The maximum absolute atomic E-state index is 13.6. The maximum atomic E-state index is 13.6. The fraction of sp³-hybridized carbons (Fsp3) is 0.906. The van der Waals surface area contributed by atoms with E-state index in [1.54, 1.807) is 5.57 Å². The summed E-state index contributed by atoms with van der Waals surface area (Å²) in [6.45, 7) is 24.8. The van der Waals surface area contributed by atoms with Gasteiger partial charge in [-0.25, -0.2) is 0 Å². The summed E-state index contributed by atoms with van der Waals surface area (Å²) < 4.78 is 0. The summed E-state index contributed by atoms with van der Waals surface area (Å²) in [5.41, 5.74) is 3.06. The Hall–Kier alpha value is -0.590. The second kappa shape index (κ2) is 7.96. The second-order valence-corrected chi connectivity index (χ2v) is 15.8. The van der Waals surface area contributed by atoms with Gasteiger partial charge in [-0.15, -0.1) is 0 Å². The highest BCUT2D eigenvalue weighted by atomic mass is 16.1. The summed E-state index contributed by atoms with van der Waals surface area (Å²) >= 11 is 0. The minimum Gasteiger partial charge on any atom is -0.295 e. The van der Waals surface area contributed by atoms with Crippen molar-refractivity contribution < 1.29 is 4.79 Å². The van der Waals surface area contributed by atoms with Crippen molar-refractivity contribution in [2.45, 2.75) is 127 Å². The summed E-state index contributed by atoms with van der Waals surface area (Å²) in [5, 5.41) is 0. The van der Waals surface area contributed by atoms with E-state index >= 15 is 0 Å². The van der Waals surface area contributed by atoms with Gasteiger partial charge in [-0.1, -0.05) is 81.2 Å². The van der Waals surface area contributed by atoms with Crippen LogP contribution in [0.25, 0.3) is 0 Å². The zero-order valence-electron chi connectivity index (χ0n) is 23.7. The number of carbonyl (C=O) groups excluding carboxylic acids is 1. The summed E-state index contributed by atoms with van der Waals surface area (Å²) in [6, 6.07) is 0. The van der Waals surface area contributed by atoms with Crippen LogP contribution in [0.5, 0.6) is 0 Å². The normalized spacial score (nSPS) is 45.8. The average Bonchev–Trinajstić information content (AvgIpc) is 2.95. The van der Waals surface area contributed by atoms with Gasteiger partial charge in [0.1, 0.15) is 0 Å². The fourth-order valence-corrected chi connectivity index (χ4v) is 9.77. The number of hydrogen-bond donors (Lipinski definition) is 0. The molecule has 188 valence electrons. The van der Waals surface area contributed by atoms with Gasteiger partial charge in [-0.3, -0.25) is 4.79 Å². The maximum Gasteiger partial charge on any atom is 0.159 e. The van der Waals surface area contributed by atoms with Crippen LogP contribution in [0.4, 0.5) is 0 Å². The molecule has 1 unspecified atom stereocenters. The van der Waals surface area contributed by atoms with Crippen molar-refractivity contribution in [2.24, 2.45) is 56.7 Å². The van der Waals surface area contributed by atoms with E-state index in [4.69, 9.17) is 0 Å². The fourth-order valence-electron chi connectivity index (χ4n) is 9.77. The molecule has 0 saturated heterocycles. The van der Waals surface area contributed by atoms with Crippen LogP contribution in [0.1, 0.15) is 127 Å². The molecule has 0 heterocycles. The van der Waals surface area contributed by atoms with Crippen molar-refractivity contribution in [1.29, 1.82) is 0 Å². The lowest BCUT2D eigenvalue weighted by molar-refractivity contribution is -0.134. The predicted molar refractivity (Wildman–Crippen MR) is 141 cm³/mol. The van der Waals surface area contributed by atoms with E-state index in [1.807, 2.05) is 0 Å². The molecular weight excluding hydrogens is 400 g/mol. The molecule has 1 nitrogen and oxygen atoms in total. The first-order valence-corrected chi connectivity index (χ1v) is 14.3. The van der Waals surface area contributed by atoms with E-state index in [9.17, 15) is 4.79 Å². The number of rotatable bonds is 4. The molecule has 0 aromatic heterocycles. The van der Waals surface area contributed by atoms with Gasteiger partial charge in [0.15, 0.2) is 5.78 Å². The van der Waals surface area contributed by atoms with Crippen molar-refractivity contribution >= 4 is 5.78 Å². The molecule has 4 aliphatic carbocycles.